The predicted molar refractivity (Wildman–Crippen MR) is 54.4 cm³/mol. The first-order chi connectivity index (χ1) is 6.22. The van der Waals surface area contributed by atoms with Crippen molar-refractivity contribution in [1.29, 1.82) is 0 Å². The Labute approximate surface area is 80.3 Å². The van der Waals surface area contributed by atoms with E-state index >= 15 is 0 Å². The lowest BCUT2D eigenvalue weighted by atomic mass is 10.1. The molecule has 0 radical (unpaired) electrons. The predicted octanol–water partition coefficient (Wildman–Crippen LogP) is 2.71. The minimum Gasteiger partial charge on any atom is -0.461 e. The molecule has 0 N–H and O–H groups in total. The van der Waals surface area contributed by atoms with Gasteiger partial charge in [0.2, 0.25) is 0 Å². The Morgan fingerprint density at radius 2 is 2.15 bits per heavy atom. The molecule has 0 bridgehead atoms. The van der Waals surface area contributed by atoms with E-state index in [-0.39, 0.29) is 11.9 Å². The topological polar surface area (TPSA) is 26.3 Å². The molecule has 0 rings (SSSR count). The van der Waals surface area contributed by atoms with E-state index in [0.29, 0.717) is 6.61 Å². The van der Waals surface area contributed by atoms with Gasteiger partial charge in [-0.1, -0.05) is 32.1 Å². The van der Waals surface area contributed by atoms with Crippen LogP contribution in [0.1, 0.15) is 27.2 Å². The third-order valence-electron chi connectivity index (χ3n) is 1.78. The average molecular weight is 182 g/mol. The van der Waals surface area contributed by atoms with Crippen molar-refractivity contribution in [2.24, 2.45) is 5.92 Å². The summed E-state index contributed by atoms with van der Waals surface area (Å²) in [5.41, 5.74) is 0. The molecule has 0 aliphatic carbocycles. The van der Waals surface area contributed by atoms with Crippen molar-refractivity contribution in [2.45, 2.75) is 27.2 Å². The molecule has 0 aromatic carbocycles. The number of esters is 1. The Bertz CT molecular complexity index is 192. The van der Waals surface area contributed by atoms with Crippen molar-refractivity contribution < 1.29 is 9.53 Å². The first-order valence-electron chi connectivity index (χ1n) is 4.66. The molecule has 13 heavy (non-hydrogen) atoms. The second-order valence-corrected chi connectivity index (χ2v) is 2.89. The van der Waals surface area contributed by atoms with Crippen LogP contribution in [0.4, 0.5) is 0 Å². The Morgan fingerprint density at radius 1 is 1.46 bits per heavy atom. The smallest absolute Gasteiger partial charge is 0.308 e. The van der Waals surface area contributed by atoms with E-state index < -0.39 is 0 Å². The zero-order chi connectivity index (χ0) is 10.1. The number of carbonyl (C=O) groups excluding carboxylic acids is 1. The van der Waals surface area contributed by atoms with E-state index in [9.17, 15) is 4.79 Å². The van der Waals surface area contributed by atoms with Gasteiger partial charge in [0.1, 0.15) is 6.61 Å². The number of ether oxygens (including phenoxy) is 1. The molecular weight excluding hydrogens is 164 g/mol. The molecule has 0 aromatic heterocycles. The van der Waals surface area contributed by atoms with Gasteiger partial charge in [0, 0.05) is 0 Å². The lowest BCUT2D eigenvalue weighted by molar-refractivity contribution is -0.146. The third kappa shape index (κ3) is 6.14. The van der Waals surface area contributed by atoms with Crippen LogP contribution in [0.25, 0.3) is 0 Å². The zero-order valence-corrected chi connectivity index (χ0v) is 8.62. The van der Waals surface area contributed by atoms with E-state index in [1.165, 1.54) is 0 Å². The van der Waals surface area contributed by atoms with E-state index in [1.807, 2.05) is 45.1 Å². The highest BCUT2D eigenvalue weighted by molar-refractivity contribution is 5.71. The molecule has 74 valence electrons. The van der Waals surface area contributed by atoms with Gasteiger partial charge in [0.25, 0.3) is 0 Å². The second kappa shape index (κ2) is 7.59. The van der Waals surface area contributed by atoms with Gasteiger partial charge in [-0.25, -0.2) is 0 Å². The Hall–Kier alpha value is -1.05. The molecule has 2 heteroatoms. The van der Waals surface area contributed by atoms with Crippen LogP contribution in [0, 0.1) is 5.92 Å². The fourth-order valence-corrected chi connectivity index (χ4v) is 0.684. The van der Waals surface area contributed by atoms with E-state index in [1.54, 1.807) is 0 Å². The molecule has 1 unspecified atom stereocenters. The van der Waals surface area contributed by atoms with Gasteiger partial charge in [-0.05, 0) is 19.4 Å². The maximum atomic E-state index is 11.1. The molecule has 0 heterocycles. The first kappa shape index (κ1) is 11.9. The van der Waals surface area contributed by atoms with Gasteiger partial charge in [-0.2, -0.15) is 0 Å². The second-order valence-electron chi connectivity index (χ2n) is 2.89. The Morgan fingerprint density at radius 3 is 2.69 bits per heavy atom. The number of allylic oxidation sites excluding steroid dienone is 3. The molecule has 0 saturated carbocycles. The number of carbonyl (C=O) groups is 1. The van der Waals surface area contributed by atoms with Crippen LogP contribution in [-0.4, -0.2) is 12.6 Å². The maximum absolute atomic E-state index is 11.1. The zero-order valence-electron chi connectivity index (χ0n) is 8.62. The van der Waals surface area contributed by atoms with Gasteiger partial charge in [0.15, 0.2) is 0 Å². The lowest BCUT2D eigenvalue weighted by Gasteiger charge is -2.06. The molecule has 0 aliphatic heterocycles. The number of hydrogen-bond acceptors (Lipinski definition) is 2. The minimum absolute atomic E-state index is 0.00937. The quantitative estimate of drug-likeness (QED) is 0.482. The average Bonchev–Trinajstić information content (AvgIpc) is 2.16. The van der Waals surface area contributed by atoms with Crippen LogP contribution in [0.3, 0.4) is 0 Å². The molecular formula is C11H18O2. The monoisotopic (exact) mass is 182 g/mol. The molecule has 0 fully saturated rings. The maximum Gasteiger partial charge on any atom is 0.308 e. The molecule has 2 nitrogen and oxygen atoms in total. The lowest BCUT2D eigenvalue weighted by Crippen LogP contribution is -2.13. The SMILES string of the molecule is C/C=C/C=C/COC(=O)C(C)CC. The van der Waals surface area contributed by atoms with Crippen LogP contribution in [0.2, 0.25) is 0 Å². The minimum atomic E-state index is -0.118. The van der Waals surface area contributed by atoms with Gasteiger partial charge in [-0.15, -0.1) is 0 Å². The third-order valence-corrected chi connectivity index (χ3v) is 1.78. The van der Waals surface area contributed by atoms with Gasteiger partial charge < -0.3 is 4.74 Å². The van der Waals surface area contributed by atoms with Crippen LogP contribution < -0.4 is 0 Å². The summed E-state index contributed by atoms with van der Waals surface area (Å²) in [6.45, 7) is 6.16. The highest BCUT2D eigenvalue weighted by Gasteiger charge is 2.10. The fourth-order valence-electron chi connectivity index (χ4n) is 0.684. The number of rotatable bonds is 5. The summed E-state index contributed by atoms with van der Waals surface area (Å²) in [5.74, 6) is -0.109. The van der Waals surface area contributed by atoms with Crippen LogP contribution >= 0.6 is 0 Å². The van der Waals surface area contributed by atoms with Crippen molar-refractivity contribution in [2.75, 3.05) is 6.61 Å². The van der Waals surface area contributed by atoms with Crippen molar-refractivity contribution in [1.82, 2.24) is 0 Å². The Kier molecular flexibility index (Phi) is 6.98. The van der Waals surface area contributed by atoms with Crippen molar-refractivity contribution in [3.63, 3.8) is 0 Å². The summed E-state index contributed by atoms with van der Waals surface area (Å²) >= 11 is 0. The summed E-state index contributed by atoms with van der Waals surface area (Å²) in [5, 5.41) is 0. The van der Waals surface area contributed by atoms with E-state index in [4.69, 9.17) is 4.74 Å². The first-order valence-corrected chi connectivity index (χ1v) is 4.66. The van der Waals surface area contributed by atoms with Crippen molar-refractivity contribution >= 4 is 5.97 Å². The molecule has 1 atom stereocenters. The largest absolute Gasteiger partial charge is 0.461 e. The van der Waals surface area contributed by atoms with Crippen LogP contribution in [-0.2, 0) is 9.53 Å². The van der Waals surface area contributed by atoms with Gasteiger partial charge in [0.05, 0.1) is 5.92 Å². The highest BCUT2D eigenvalue weighted by atomic mass is 16.5. The molecule has 0 amide bonds. The molecule has 0 spiro atoms. The number of hydrogen-bond donors (Lipinski definition) is 0. The van der Waals surface area contributed by atoms with Crippen LogP contribution in [0.15, 0.2) is 24.3 Å². The standard InChI is InChI=1S/C11H18O2/c1-4-6-7-8-9-13-11(12)10(3)5-2/h4,6-8,10H,5,9H2,1-3H3/b6-4+,8-7+. The van der Waals surface area contributed by atoms with Crippen molar-refractivity contribution in [3.8, 4) is 0 Å². The summed E-state index contributed by atoms with van der Waals surface area (Å²) in [7, 11) is 0. The molecule has 0 aliphatic rings. The van der Waals surface area contributed by atoms with E-state index in [0.717, 1.165) is 6.42 Å². The van der Waals surface area contributed by atoms with Crippen molar-refractivity contribution in [3.05, 3.63) is 24.3 Å². The van der Waals surface area contributed by atoms with Crippen LogP contribution in [0.5, 0.6) is 0 Å². The summed E-state index contributed by atoms with van der Waals surface area (Å²) in [6.07, 6.45) is 8.34. The molecule has 0 aromatic rings. The fraction of sp³-hybridized carbons (Fsp3) is 0.545. The normalized spacial score (nSPS) is 13.8. The summed E-state index contributed by atoms with van der Waals surface area (Å²) < 4.78 is 4.98. The summed E-state index contributed by atoms with van der Waals surface area (Å²) in [6, 6.07) is 0. The van der Waals surface area contributed by atoms with Gasteiger partial charge in [-0.3, -0.25) is 4.79 Å². The summed E-state index contributed by atoms with van der Waals surface area (Å²) in [4.78, 5) is 11.1. The van der Waals surface area contributed by atoms with Gasteiger partial charge >= 0.3 is 5.97 Å². The molecule has 0 saturated heterocycles. The van der Waals surface area contributed by atoms with E-state index in [2.05, 4.69) is 0 Å². The highest BCUT2D eigenvalue weighted by Crippen LogP contribution is 2.02. The Balaban J connectivity index is 3.59.